The van der Waals surface area contributed by atoms with Crippen molar-refractivity contribution in [1.29, 1.82) is 0 Å². The number of carboxylic acid groups (broad SMARTS) is 1. The molecule has 0 heterocycles. The Balaban J connectivity index is 2.95. The van der Waals surface area contributed by atoms with Crippen molar-refractivity contribution in [3.05, 3.63) is 0 Å². The summed E-state index contributed by atoms with van der Waals surface area (Å²) in [7, 11) is 0. The van der Waals surface area contributed by atoms with Crippen molar-refractivity contribution in [1.82, 2.24) is 5.32 Å². The molecule has 0 bridgehead atoms. The van der Waals surface area contributed by atoms with Gasteiger partial charge in [0.25, 0.3) is 0 Å². The van der Waals surface area contributed by atoms with Crippen LogP contribution in [0.5, 0.6) is 0 Å². The van der Waals surface area contributed by atoms with Crippen LogP contribution < -0.4 is 10.4 Å². The molecule has 0 spiro atoms. The topological polar surface area (TPSA) is 69.2 Å². The summed E-state index contributed by atoms with van der Waals surface area (Å²) in [6, 6.07) is 0. The Bertz CT molecular complexity index is 368. The summed E-state index contributed by atoms with van der Waals surface area (Å²) in [5.74, 6) is -1.39. The molecule has 0 aliphatic heterocycles. The lowest BCUT2D eigenvalue weighted by Crippen LogP contribution is -2.52. The van der Waals surface area contributed by atoms with Crippen molar-refractivity contribution >= 4 is 11.9 Å². The van der Waals surface area contributed by atoms with Crippen LogP contribution >= 0.6 is 0 Å². The minimum absolute atomic E-state index is 0.0579. The molecule has 0 unspecified atom stereocenters. The van der Waals surface area contributed by atoms with Crippen molar-refractivity contribution in [3.8, 4) is 0 Å². The first-order valence-electron chi connectivity index (χ1n) is 6.45. The van der Waals surface area contributed by atoms with E-state index < -0.39 is 16.8 Å². The zero-order valence-corrected chi connectivity index (χ0v) is 12.2. The number of hydrogen-bond acceptors (Lipinski definition) is 3. The molecule has 104 valence electrons. The molecule has 0 aromatic rings. The molecule has 0 aromatic carbocycles. The highest BCUT2D eigenvalue weighted by molar-refractivity contribution is 5.83. The highest BCUT2D eigenvalue weighted by atomic mass is 16.4. The second-order valence-corrected chi connectivity index (χ2v) is 7.17. The Kier molecular flexibility index (Phi) is 3.54. The largest absolute Gasteiger partial charge is 0.550 e. The van der Waals surface area contributed by atoms with Crippen LogP contribution in [0.3, 0.4) is 0 Å². The SMILES string of the molecule is CC(C)(C)NC(=O)[C@H]1CC[C@](C)(C(=O)[O-])C1(C)C. The highest BCUT2D eigenvalue weighted by Crippen LogP contribution is 2.55. The van der Waals surface area contributed by atoms with Crippen LogP contribution in [0.25, 0.3) is 0 Å². The Morgan fingerprint density at radius 3 is 2.06 bits per heavy atom. The predicted octanol–water partition coefficient (Wildman–Crippen LogP) is 1.09. The first-order chi connectivity index (χ1) is 7.92. The quantitative estimate of drug-likeness (QED) is 0.802. The van der Waals surface area contributed by atoms with E-state index >= 15 is 0 Å². The van der Waals surface area contributed by atoms with Crippen LogP contribution in [0, 0.1) is 16.7 Å². The van der Waals surface area contributed by atoms with E-state index in [1.165, 1.54) is 0 Å². The summed E-state index contributed by atoms with van der Waals surface area (Å²) in [4.78, 5) is 23.6. The minimum atomic E-state index is -1.06. The molecule has 0 aromatic heterocycles. The summed E-state index contributed by atoms with van der Waals surface area (Å²) >= 11 is 0. The van der Waals surface area contributed by atoms with Gasteiger partial charge in [-0.15, -0.1) is 0 Å². The summed E-state index contributed by atoms with van der Waals surface area (Å²) < 4.78 is 0. The average molecular weight is 254 g/mol. The maximum atomic E-state index is 12.3. The van der Waals surface area contributed by atoms with Gasteiger partial charge in [-0.05, 0) is 39.0 Å². The van der Waals surface area contributed by atoms with Crippen molar-refractivity contribution < 1.29 is 14.7 Å². The second-order valence-electron chi connectivity index (χ2n) is 7.17. The Morgan fingerprint density at radius 1 is 1.22 bits per heavy atom. The van der Waals surface area contributed by atoms with Gasteiger partial charge in [-0.1, -0.05) is 20.8 Å². The standard InChI is InChI=1S/C14H25NO3/c1-12(2,3)15-10(16)9-7-8-14(6,11(17)18)13(9,4)5/h9H,7-8H2,1-6H3,(H,15,16)(H,17,18)/p-1/t9-,14-/m1/s1. The molecule has 1 aliphatic rings. The molecule has 2 atom stereocenters. The van der Waals surface area contributed by atoms with Crippen LogP contribution in [0.4, 0.5) is 0 Å². The Hall–Kier alpha value is -1.06. The number of carbonyl (C=O) groups is 2. The lowest BCUT2D eigenvalue weighted by atomic mass is 9.65. The van der Waals surface area contributed by atoms with E-state index in [0.717, 1.165) is 0 Å². The van der Waals surface area contributed by atoms with E-state index in [9.17, 15) is 14.7 Å². The smallest absolute Gasteiger partial charge is 0.224 e. The lowest BCUT2D eigenvalue weighted by Gasteiger charge is -2.42. The zero-order chi connectivity index (χ0) is 14.4. The summed E-state index contributed by atoms with van der Waals surface area (Å²) in [5.41, 5.74) is -1.83. The monoisotopic (exact) mass is 254 g/mol. The molecule has 4 heteroatoms. The first kappa shape index (κ1) is 15.0. The van der Waals surface area contributed by atoms with E-state index in [-0.39, 0.29) is 17.4 Å². The van der Waals surface area contributed by atoms with E-state index in [4.69, 9.17) is 0 Å². The maximum Gasteiger partial charge on any atom is 0.224 e. The number of hydrogen-bond donors (Lipinski definition) is 1. The summed E-state index contributed by atoms with van der Waals surface area (Å²) in [6.07, 6.45) is 1.09. The van der Waals surface area contributed by atoms with Gasteiger partial charge in [-0.3, -0.25) is 4.79 Å². The minimum Gasteiger partial charge on any atom is -0.550 e. The molecule has 1 rings (SSSR count). The summed E-state index contributed by atoms with van der Waals surface area (Å²) in [6.45, 7) is 11.2. The number of aliphatic carboxylic acids is 1. The van der Waals surface area contributed by atoms with Gasteiger partial charge in [0.2, 0.25) is 5.91 Å². The number of nitrogens with one attached hydrogen (secondary N) is 1. The van der Waals surface area contributed by atoms with E-state index in [1.807, 2.05) is 34.6 Å². The fourth-order valence-electron chi connectivity index (χ4n) is 2.78. The van der Waals surface area contributed by atoms with Crippen LogP contribution in [-0.4, -0.2) is 17.4 Å². The zero-order valence-electron chi connectivity index (χ0n) is 12.2. The molecule has 1 aliphatic carbocycles. The van der Waals surface area contributed by atoms with E-state index in [2.05, 4.69) is 5.32 Å². The van der Waals surface area contributed by atoms with Gasteiger partial charge in [0.15, 0.2) is 0 Å². The van der Waals surface area contributed by atoms with E-state index in [0.29, 0.717) is 12.8 Å². The van der Waals surface area contributed by atoms with Crippen LogP contribution in [0.2, 0.25) is 0 Å². The van der Waals surface area contributed by atoms with Gasteiger partial charge in [0, 0.05) is 22.8 Å². The molecule has 0 saturated heterocycles. The van der Waals surface area contributed by atoms with Gasteiger partial charge in [0.05, 0.1) is 0 Å². The van der Waals surface area contributed by atoms with Gasteiger partial charge >= 0.3 is 0 Å². The normalized spacial score (nSPS) is 31.1. The van der Waals surface area contributed by atoms with Crippen molar-refractivity contribution in [2.45, 2.75) is 59.9 Å². The number of carboxylic acids is 1. The second kappa shape index (κ2) is 4.25. The van der Waals surface area contributed by atoms with Crippen LogP contribution in [-0.2, 0) is 9.59 Å². The Labute approximate surface area is 109 Å². The lowest BCUT2D eigenvalue weighted by molar-refractivity contribution is -0.323. The Morgan fingerprint density at radius 2 is 1.72 bits per heavy atom. The molecule has 4 nitrogen and oxygen atoms in total. The molecule has 1 fully saturated rings. The molecular weight excluding hydrogens is 230 g/mol. The van der Waals surface area contributed by atoms with E-state index in [1.54, 1.807) is 6.92 Å². The third kappa shape index (κ3) is 2.38. The van der Waals surface area contributed by atoms with Gasteiger partial charge in [-0.25, -0.2) is 0 Å². The van der Waals surface area contributed by atoms with Crippen LogP contribution in [0.15, 0.2) is 0 Å². The van der Waals surface area contributed by atoms with Crippen molar-refractivity contribution in [3.63, 3.8) is 0 Å². The van der Waals surface area contributed by atoms with Gasteiger partial charge in [-0.2, -0.15) is 0 Å². The molecular formula is C14H24NO3-. The molecule has 1 amide bonds. The first-order valence-corrected chi connectivity index (χ1v) is 6.45. The molecule has 1 saturated carbocycles. The third-order valence-corrected chi connectivity index (χ3v) is 4.49. The number of rotatable bonds is 2. The molecule has 0 radical (unpaired) electrons. The highest BCUT2D eigenvalue weighted by Gasteiger charge is 2.55. The van der Waals surface area contributed by atoms with Gasteiger partial charge < -0.3 is 15.2 Å². The van der Waals surface area contributed by atoms with Crippen molar-refractivity contribution in [2.24, 2.45) is 16.7 Å². The summed E-state index contributed by atoms with van der Waals surface area (Å²) in [5, 5.41) is 14.3. The van der Waals surface area contributed by atoms with Crippen molar-refractivity contribution in [2.75, 3.05) is 0 Å². The van der Waals surface area contributed by atoms with Crippen LogP contribution in [0.1, 0.15) is 54.4 Å². The fourth-order valence-corrected chi connectivity index (χ4v) is 2.78. The molecule has 18 heavy (non-hydrogen) atoms. The average Bonchev–Trinajstić information content (AvgIpc) is 2.36. The third-order valence-electron chi connectivity index (χ3n) is 4.49. The van der Waals surface area contributed by atoms with Gasteiger partial charge in [0.1, 0.15) is 0 Å². The maximum absolute atomic E-state index is 12.3. The molecule has 1 N–H and O–H groups in total. The predicted molar refractivity (Wildman–Crippen MR) is 67.5 cm³/mol. The fraction of sp³-hybridized carbons (Fsp3) is 0.857. The number of amides is 1. The number of carbonyl (C=O) groups excluding carboxylic acids is 2.